The summed E-state index contributed by atoms with van der Waals surface area (Å²) < 4.78 is 23.5. The lowest BCUT2D eigenvalue weighted by Crippen LogP contribution is -2.67. The van der Waals surface area contributed by atoms with Crippen LogP contribution in [0.3, 0.4) is 0 Å². The minimum Gasteiger partial charge on any atom is -0.459 e. The fraction of sp³-hybridized carbons (Fsp3) is 0.818. The Balaban J connectivity index is 1.75. The number of carbonyl (C=O) groups is 2. The first-order valence-electron chi connectivity index (χ1n) is 10.7. The van der Waals surface area contributed by atoms with Crippen LogP contribution in [0, 0.1) is 16.7 Å². The Morgan fingerprint density at radius 3 is 2.53 bits per heavy atom. The summed E-state index contributed by atoms with van der Waals surface area (Å²) in [6.45, 7) is 9.01. The predicted molar refractivity (Wildman–Crippen MR) is 104 cm³/mol. The van der Waals surface area contributed by atoms with Crippen molar-refractivity contribution in [3.8, 4) is 0 Å². The molecule has 2 saturated heterocycles. The predicted octanol–water partition coefficient (Wildman–Crippen LogP) is 1.12. The van der Waals surface area contributed by atoms with E-state index in [1.165, 1.54) is 6.92 Å². The molecule has 2 aliphatic carbocycles. The van der Waals surface area contributed by atoms with E-state index >= 15 is 0 Å². The zero-order valence-electron chi connectivity index (χ0n) is 18.2. The Bertz CT molecular complexity index is 771. The summed E-state index contributed by atoms with van der Waals surface area (Å²) in [6, 6.07) is 0. The van der Waals surface area contributed by atoms with Crippen molar-refractivity contribution in [2.24, 2.45) is 16.7 Å². The van der Waals surface area contributed by atoms with Crippen molar-refractivity contribution in [2.45, 2.75) is 83.6 Å². The third-order valence-corrected chi connectivity index (χ3v) is 7.75. The molecule has 0 radical (unpaired) electrons. The van der Waals surface area contributed by atoms with E-state index in [2.05, 4.69) is 0 Å². The van der Waals surface area contributed by atoms with Crippen LogP contribution in [0.5, 0.6) is 0 Å². The monoisotopic (exact) mass is 424 g/mol. The zero-order valence-corrected chi connectivity index (χ0v) is 18.2. The second-order valence-corrected chi connectivity index (χ2v) is 9.88. The Labute approximate surface area is 176 Å². The lowest BCUT2D eigenvalue weighted by molar-refractivity contribution is -0.237. The van der Waals surface area contributed by atoms with Crippen LogP contribution < -0.4 is 0 Å². The maximum atomic E-state index is 12.4. The van der Waals surface area contributed by atoms with Crippen LogP contribution in [-0.4, -0.2) is 71.5 Å². The maximum Gasteiger partial charge on any atom is 0.306 e. The second kappa shape index (κ2) is 7.02. The molecule has 168 valence electrons. The van der Waals surface area contributed by atoms with E-state index in [0.717, 1.165) is 5.57 Å². The van der Waals surface area contributed by atoms with Crippen LogP contribution >= 0.6 is 0 Å². The zero-order chi connectivity index (χ0) is 22.1. The van der Waals surface area contributed by atoms with Crippen molar-refractivity contribution in [1.82, 2.24) is 0 Å². The first-order chi connectivity index (χ1) is 14.0. The van der Waals surface area contributed by atoms with Crippen LogP contribution in [-0.2, 0) is 28.5 Å². The van der Waals surface area contributed by atoms with Gasteiger partial charge in [0.25, 0.3) is 0 Å². The van der Waals surface area contributed by atoms with E-state index in [9.17, 15) is 19.8 Å². The maximum absolute atomic E-state index is 12.4. The number of carbonyl (C=O) groups excluding carboxylic acids is 2. The first-order valence-corrected chi connectivity index (χ1v) is 10.7. The molecule has 1 unspecified atom stereocenters. The Morgan fingerprint density at radius 1 is 1.33 bits per heavy atom. The van der Waals surface area contributed by atoms with E-state index < -0.39 is 52.9 Å². The van der Waals surface area contributed by atoms with Gasteiger partial charge in [-0.25, -0.2) is 0 Å². The third kappa shape index (κ3) is 2.73. The fourth-order valence-corrected chi connectivity index (χ4v) is 6.06. The number of fused-ring (bicyclic) bond motifs is 2. The number of hydrogen-bond acceptors (Lipinski definition) is 8. The van der Waals surface area contributed by atoms with Gasteiger partial charge in [-0.15, -0.1) is 0 Å². The largest absolute Gasteiger partial charge is 0.459 e. The number of rotatable bonds is 5. The highest BCUT2D eigenvalue weighted by Gasteiger charge is 2.85. The molecule has 0 amide bonds. The molecule has 2 heterocycles. The van der Waals surface area contributed by atoms with Gasteiger partial charge in [-0.1, -0.05) is 26.8 Å². The minimum absolute atomic E-state index is 0.169. The Morgan fingerprint density at radius 2 is 2.00 bits per heavy atom. The van der Waals surface area contributed by atoms with E-state index in [4.69, 9.17) is 18.9 Å². The van der Waals surface area contributed by atoms with Gasteiger partial charge in [0.05, 0.1) is 24.7 Å². The average Bonchev–Trinajstić information content (AvgIpc) is 3.43. The standard InChI is InChI=1S/C22H32O8/c1-11(2)6-16(25)29-14-8-21(9-23)15(7-12(14)3)30-19-17(26)18(28-13(4)24)20(21,5)22(19)10-27-22/h7,11,14-15,17-19,23,26H,6,8-10H2,1-5H3/t14-,15+,17+,18-,19+,20+,21+,22?/m1/s1. The third-order valence-electron chi connectivity index (χ3n) is 7.75. The first kappa shape index (κ1) is 21.7. The molecule has 0 aromatic rings. The van der Waals surface area contributed by atoms with Crippen LogP contribution in [0.15, 0.2) is 11.6 Å². The number of ether oxygens (including phenoxy) is 4. The van der Waals surface area contributed by atoms with E-state index in [1.807, 2.05) is 33.8 Å². The summed E-state index contributed by atoms with van der Waals surface area (Å²) in [5.74, 6) is -0.646. The summed E-state index contributed by atoms with van der Waals surface area (Å²) >= 11 is 0. The fourth-order valence-electron chi connectivity index (χ4n) is 6.06. The van der Waals surface area contributed by atoms with Gasteiger partial charge in [0.1, 0.15) is 30.0 Å². The molecule has 2 bridgehead atoms. The van der Waals surface area contributed by atoms with Gasteiger partial charge in [-0.3, -0.25) is 9.59 Å². The van der Waals surface area contributed by atoms with Gasteiger partial charge in [0.15, 0.2) is 0 Å². The van der Waals surface area contributed by atoms with Gasteiger partial charge in [0, 0.05) is 18.8 Å². The number of esters is 2. The van der Waals surface area contributed by atoms with E-state index in [1.54, 1.807) is 0 Å². The van der Waals surface area contributed by atoms with Crippen LogP contribution in [0.1, 0.15) is 47.5 Å². The molecule has 4 rings (SSSR count). The number of hydrogen-bond donors (Lipinski definition) is 2. The lowest BCUT2D eigenvalue weighted by Gasteiger charge is -2.58. The number of epoxide rings is 1. The topological polar surface area (TPSA) is 115 Å². The van der Waals surface area contributed by atoms with Crippen molar-refractivity contribution >= 4 is 11.9 Å². The molecule has 0 aromatic carbocycles. The summed E-state index contributed by atoms with van der Waals surface area (Å²) in [4.78, 5) is 24.2. The quantitative estimate of drug-likeness (QED) is 0.383. The molecule has 2 aliphatic heterocycles. The van der Waals surface area contributed by atoms with E-state index in [-0.39, 0.29) is 18.5 Å². The van der Waals surface area contributed by atoms with Crippen molar-refractivity contribution in [3.05, 3.63) is 11.6 Å². The summed E-state index contributed by atoms with van der Waals surface area (Å²) in [5.41, 5.74) is -1.89. The highest BCUT2D eigenvalue weighted by Crippen LogP contribution is 2.71. The Hall–Kier alpha value is -1.48. The second-order valence-electron chi connectivity index (χ2n) is 9.88. The highest BCUT2D eigenvalue weighted by atomic mass is 16.7. The molecule has 8 atom stereocenters. The van der Waals surface area contributed by atoms with Gasteiger partial charge in [-0.2, -0.15) is 0 Å². The van der Waals surface area contributed by atoms with Crippen molar-refractivity contribution < 1.29 is 38.7 Å². The number of aliphatic hydroxyl groups is 2. The molecule has 30 heavy (non-hydrogen) atoms. The molecule has 2 N–H and O–H groups in total. The molecule has 1 spiro atoms. The molecule has 8 heteroatoms. The SMILES string of the molecule is CC(=O)O[C@@H]1[C@H](O)[C@@H]2O[C@H]3C=C(C)[C@H](OC(=O)CC(C)C)C[C@@]3(CO)[C@@]1(C)C21CO1. The smallest absolute Gasteiger partial charge is 0.306 e. The summed E-state index contributed by atoms with van der Waals surface area (Å²) in [7, 11) is 0. The molecule has 4 aliphatic rings. The summed E-state index contributed by atoms with van der Waals surface area (Å²) in [6.07, 6.45) is -1.25. The van der Waals surface area contributed by atoms with Crippen molar-refractivity contribution in [1.29, 1.82) is 0 Å². The van der Waals surface area contributed by atoms with Crippen LogP contribution in [0.2, 0.25) is 0 Å². The van der Waals surface area contributed by atoms with Gasteiger partial charge < -0.3 is 29.2 Å². The molecular formula is C22H32O8. The highest BCUT2D eigenvalue weighted by molar-refractivity contribution is 5.70. The Kier molecular flexibility index (Phi) is 5.09. The normalized spacial score (nSPS) is 46.4. The molecular weight excluding hydrogens is 392 g/mol. The molecule has 8 nitrogen and oxygen atoms in total. The minimum atomic E-state index is -1.08. The van der Waals surface area contributed by atoms with Crippen LogP contribution in [0.4, 0.5) is 0 Å². The van der Waals surface area contributed by atoms with Crippen molar-refractivity contribution in [3.63, 3.8) is 0 Å². The summed E-state index contributed by atoms with van der Waals surface area (Å²) in [5, 5.41) is 21.7. The van der Waals surface area contributed by atoms with E-state index in [0.29, 0.717) is 19.4 Å². The number of aliphatic hydroxyl groups excluding tert-OH is 2. The molecule has 0 aromatic heterocycles. The van der Waals surface area contributed by atoms with Crippen molar-refractivity contribution in [2.75, 3.05) is 13.2 Å². The average molecular weight is 424 g/mol. The van der Waals surface area contributed by atoms with Gasteiger partial charge in [0.2, 0.25) is 0 Å². The van der Waals surface area contributed by atoms with Gasteiger partial charge >= 0.3 is 11.9 Å². The molecule has 3 fully saturated rings. The lowest BCUT2D eigenvalue weighted by atomic mass is 9.51. The van der Waals surface area contributed by atoms with Gasteiger partial charge in [-0.05, 0) is 24.8 Å². The van der Waals surface area contributed by atoms with Crippen LogP contribution in [0.25, 0.3) is 0 Å². The molecule has 1 saturated carbocycles.